The molecule has 0 spiro atoms. The van der Waals surface area contributed by atoms with Gasteiger partial charge in [0, 0.05) is 22.5 Å². The number of carbonyl (C=O) groups excluding carboxylic acids is 2. The first-order valence-electron chi connectivity index (χ1n) is 5.55. The molecule has 0 unspecified atom stereocenters. The van der Waals surface area contributed by atoms with Crippen molar-refractivity contribution < 1.29 is 36.3 Å². The Morgan fingerprint density at radius 2 is 1.00 bits per heavy atom. The fourth-order valence-corrected chi connectivity index (χ4v) is 1.37. The van der Waals surface area contributed by atoms with Crippen LogP contribution in [0.5, 0.6) is 0 Å². The zero-order valence-corrected chi connectivity index (χ0v) is 11.7. The van der Waals surface area contributed by atoms with E-state index < -0.39 is 11.9 Å². The van der Waals surface area contributed by atoms with Crippen molar-refractivity contribution in [3.05, 3.63) is 59.7 Å². The Bertz CT molecular complexity index is 576. The summed E-state index contributed by atoms with van der Waals surface area (Å²) in [6.07, 6.45) is 0. The summed E-state index contributed by atoms with van der Waals surface area (Å²) in [4.78, 5) is 20.5. The van der Waals surface area contributed by atoms with Crippen LogP contribution in [0.4, 0.5) is 11.4 Å². The molecule has 0 aliphatic heterocycles. The van der Waals surface area contributed by atoms with Gasteiger partial charge in [0.25, 0.3) is 0 Å². The molecule has 0 radical (unpaired) electrons. The molecule has 4 N–H and O–H groups in total. The number of rotatable bonds is 2. The van der Waals surface area contributed by atoms with Crippen LogP contribution in [0.15, 0.2) is 48.5 Å². The van der Waals surface area contributed by atoms with Crippen molar-refractivity contribution in [2.75, 3.05) is 11.5 Å². The molecule has 0 saturated carbocycles. The largest absolute Gasteiger partial charge is 2.00 e. The Morgan fingerprint density at radius 1 is 0.714 bits per heavy atom. The van der Waals surface area contributed by atoms with Crippen molar-refractivity contribution >= 4 is 23.3 Å². The van der Waals surface area contributed by atoms with Gasteiger partial charge in [-0.25, -0.2) is 0 Å². The SMILES string of the molecule is Nc1ccccc1C(=O)[O-].Nc1ccccc1C(=O)[O-].[Ni+2]. The van der Waals surface area contributed by atoms with Gasteiger partial charge in [0.15, 0.2) is 0 Å². The third-order valence-corrected chi connectivity index (χ3v) is 2.36. The molecule has 2 aromatic rings. The Labute approximate surface area is 131 Å². The molecule has 0 fully saturated rings. The number of hydrogen-bond acceptors (Lipinski definition) is 6. The normalized spacial score (nSPS) is 8.76. The van der Waals surface area contributed by atoms with E-state index in [1.807, 2.05) is 0 Å². The Hall–Kier alpha value is -2.53. The van der Waals surface area contributed by atoms with E-state index in [0.717, 1.165) is 0 Å². The Morgan fingerprint density at radius 3 is 1.19 bits per heavy atom. The minimum atomic E-state index is -1.24. The van der Waals surface area contributed by atoms with Crippen LogP contribution in [-0.4, -0.2) is 11.9 Å². The van der Waals surface area contributed by atoms with Crippen LogP contribution in [0.25, 0.3) is 0 Å². The van der Waals surface area contributed by atoms with E-state index in [1.165, 1.54) is 24.3 Å². The number of hydrogen-bond donors (Lipinski definition) is 2. The maximum atomic E-state index is 10.2. The number of carboxylic acids is 2. The second-order valence-corrected chi connectivity index (χ2v) is 3.75. The summed E-state index contributed by atoms with van der Waals surface area (Å²) in [6, 6.07) is 12.4. The number of carbonyl (C=O) groups is 2. The minimum absolute atomic E-state index is 0. The zero-order chi connectivity index (χ0) is 15.1. The molecular weight excluding hydrogens is 319 g/mol. The van der Waals surface area contributed by atoms with Crippen LogP contribution in [0, 0.1) is 0 Å². The molecule has 0 aliphatic carbocycles. The van der Waals surface area contributed by atoms with E-state index in [4.69, 9.17) is 11.5 Å². The van der Waals surface area contributed by atoms with Crippen LogP contribution in [-0.2, 0) is 16.5 Å². The van der Waals surface area contributed by atoms with Crippen molar-refractivity contribution in [2.45, 2.75) is 0 Å². The van der Waals surface area contributed by atoms with Gasteiger partial charge >= 0.3 is 16.5 Å². The number of para-hydroxylation sites is 2. The third-order valence-electron chi connectivity index (χ3n) is 2.36. The van der Waals surface area contributed by atoms with E-state index in [9.17, 15) is 19.8 Å². The topological polar surface area (TPSA) is 132 Å². The molecule has 2 aromatic carbocycles. The number of carboxylic acid groups (broad SMARTS) is 2. The van der Waals surface area contributed by atoms with Crippen LogP contribution < -0.4 is 21.7 Å². The van der Waals surface area contributed by atoms with Gasteiger partial charge < -0.3 is 31.3 Å². The summed E-state index contributed by atoms with van der Waals surface area (Å²) in [7, 11) is 0. The second kappa shape index (κ2) is 8.61. The molecular formula is C14H12N2NiO4. The van der Waals surface area contributed by atoms with Gasteiger partial charge in [-0.05, 0) is 12.1 Å². The second-order valence-electron chi connectivity index (χ2n) is 3.75. The van der Waals surface area contributed by atoms with Crippen LogP contribution in [0.2, 0.25) is 0 Å². The number of aromatic carboxylic acids is 2. The monoisotopic (exact) mass is 330 g/mol. The summed E-state index contributed by atoms with van der Waals surface area (Å²) < 4.78 is 0. The van der Waals surface area contributed by atoms with Crippen molar-refractivity contribution in [1.29, 1.82) is 0 Å². The summed E-state index contributed by atoms with van der Waals surface area (Å²) in [6.45, 7) is 0. The molecule has 0 aromatic heterocycles. The summed E-state index contributed by atoms with van der Waals surface area (Å²) in [5.74, 6) is -2.48. The fraction of sp³-hybridized carbons (Fsp3) is 0. The maximum absolute atomic E-state index is 10.2. The van der Waals surface area contributed by atoms with Gasteiger partial charge in [-0.3, -0.25) is 0 Å². The average molecular weight is 331 g/mol. The maximum Gasteiger partial charge on any atom is 2.00 e. The molecule has 0 aliphatic rings. The van der Waals surface area contributed by atoms with Crippen molar-refractivity contribution in [3.63, 3.8) is 0 Å². The standard InChI is InChI=1S/2C7H7NO2.Ni/c2*8-6-4-2-1-3-5(6)7(9)10;/h2*1-4H,8H2,(H,9,10);/q;;+2/p-2. The molecule has 0 saturated heterocycles. The number of nitrogens with two attached hydrogens (primary N) is 2. The predicted molar refractivity (Wildman–Crippen MR) is 70.4 cm³/mol. The summed E-state index contributed by atoms with van der Waals surface area (Å²) in [5, 5.41) is 20.5. The summed E-state index contributed by atoms with van der Waals surface area (Å²) >= 11 is 0. The van der Waals surface area contributed by atoms with Crippen molar-refractivity contribution in [3.8, 4) is 0 Å². The molecule has 0 amide bonds. The molecule has 112 valence electrons. The first kappa shape index (κ1) is 18.5. The van der Waals surface area contributed by atoms with E-state index in [1.54, 1.807) is 24.3 Å². The van der Waals surface area contributed by atoms with Crippen molar-refractivity contribution in [2.24, 2.45) is 0 Å². The van der Waals surface area contributed by atoms with E-state index in [2.05, 4.69) is 0 Å². The number of anilines is 2. The van der Waals surface area contributed by atoms with Gasteiger partial charge in [-0.2, -0.15) is 0 Å². The van der Waals surface area contributed by atoms with E-state index in [0.29, 0.717) is 0 Å². The molecule has 21 heavy (non-hydrogen) atoms. The third kappa shape index (κ3) is 5.54. The quantitative estimate of drug-likeness (QED) is 0.550. The zero-order valence-electron chi connectivity index (χ0n) is 10.7. The van der Waals surface area contributed by atoms with E-state index >= 15 is 0 Å². The van der Waals surface area contributed by atoms with Gasteiger partial charge in [-0.15, -0.1) is 0 Å². The first-order valence-corrected chi connectivity index (χ1v) is 5.55. The van der Waals surface area contributed by atoms with Gasteiger partial charge in [0.05, 0.1) is 11.9 Å². The van der Waals surface area contributed by atoms with Gasteiger partial charge in [-0.1, -0.05) is 36.4 Å². The van der Waals surface area contributed by atoms with Crippen LogP contribution in [0.3, 0.4) is 0 Å². The number of benzene rings is 2. The van der Waals surface area contributed by atoms with Crippen molar-refractivity contribution in [1.82, 2.24) is 0 Å². The summed E-state index contributed by atoms with van der Waals surface area (Å²) in [5.41, 5.74) is 11.2. The molecule has 6 nitrogen and oxygen atoms in total. The number of nitrogen functional groups attached to an aromatic ring is 2. The fourth-order valence-electron chi connectivity index (χ4n) is 1.37. The first-order chi connectivity index (χ1) is 9.43. The molecule has 7 heteroatoms. The van der Waals surface area contributed by atoms with Crippen LogP contribution >= 0.6 is 0 Å². The Kier molecular flexibility index (Phi) is 7.57. The van der Waals surface area contributed by atoms with Gasteiger partial charge in [0.2, 0.25) is 0 Å². The molecule has 0 atom stereocenters. The Balaban J connectivity index is 0.000000364. The minimum Gasteiger partial charge on any atom is -0.545 e. The van der Waals surface area contributed by atoms with E-state index in [-0.39, 0.29) is 39.0 Å². The van der Waals surface area contributed by atoms with Gasteiger partial charge in [0.1, 0.15) is 0 Å². The molecule has 0 heterocycles. The predicted octanol–water partition coefficient (Wildman–Crippen LogP) is -0.738. The smallest absolute Gasteiger partial charge is 0.545 e. The molecule has 0 bridgehead atoms. The molecule has 2 rings (SSSR count). The van der Waals surface area contributed by atoms with Crippen LogP contribution in [0.1, 0.15) is 20.7 Å². The average Bonchev–Trinajstić information content (AvgIpc) is 2.40.